The van der Waals surface area contributed by atoms with Crippen molar-refractivity contribution in [1.82, 2.24) is 5.32 Å². The smallest absolute Gasteiger partial charge is 0.0324 e. The van der Waals surface area contributed by atoms with E-state index in [1.165, 1.54) is 24.8 Å². The molecule has 0 spiro atoms. The second kappa shape index (κ2) is 3.74. The predicted octanol–water partition coefficient (Wildman–Crippen LogP) is 3.28. The topological polar surface area (TPSA) is 12.0 Å². The van der Waals surface area contributed by atoms with E-state index in [0.717, 1.165) is 0 Å². The van der Waals surface area contributed by atoms with E-state index in [9.17, 15) is 0 Å². The van der Waals surface area contributed by atoms with Gasteiger partial charge in [-0.1, -0.05) is 30.3 Å². The lowest BCUT2D eigenvalue weighted by atomic mass is 9.86. The molecule has 2 rings (SSSR count). The first-order valence-corrected chi connectivity index (χ1v) is 5.50. The predicted molar refractivity (Wildman–Crippen MR) is 60.2 cm³/mol. The Bertz CT molecular complexity index is 289. The van der Waals surface area contributed by atoms with E-state index >= 15 is 0 Å². The van der Waals surface area contributed by atoms with Gasteiger partial charge in [-0.25, -0.2) is 0 Å². The van der Waals surface area contributed by atoms with Crippen LogP contribution in [0.1, 0.15) is 44.7 Å². The van der Waals surface area contributed by atoms with Gasteiger partial charge in [0.05, 0.1) is 0 Å². The molecule has 1 aliphatic heterocycles. The van der Waals surface area contributed by atoms with Crippen molar-refractivity contribution in [2.24, 2.45) is 0 Å². The lowest BCUT2D eigenvalue weighted by Crippen LogP contribution is -2.44. The zero-order chi connectivity index (χ0) is 10.0. The lowest BCUT2D eigenvalue weighted by molar-refractivity contribution is 0.245. The Morgan fingerprint density at radius 1 is 1.21 bits per heavy atom. The van der Waals surface area contributed by atoms with Gasteiger partial charge in [0.2, 0.25) is 0 Å². The second-order valence-corrected chi connectivity index (χ2v) is 4.88. The molecule has 1 unspecified atom stereocenters. The molecule has 1 N–H and O–H groups in total. The summed E-state index contributed by atoms with van der Waals surface area (Å²) in [5, 5.41) is 3.71. The van der Waals surface area contributed by atoms with Crippen LogP contribution in [-0.2, 0) is 0 Å². The van der Waals surface area contributed by atoms with Gasteiger partial charge in [-0.15, -0.1) is 0 Å². The minimum Gasteiger partial charge on any atom is -0.305 e. The van der Waals surface area contributed by atoms with Crippen molar-refractivity contribution >= 4 is 0 Å². The van der Waals surface area contributed by atoms with Crippen molar-refractivity contribution in [3.63, 3.8) is 0 Å². The van der Waals surface area contributed by atoms with Crippen molar-refractivity contribution in [2.45, 2.75) is 44.7 Å². The van der Waals surface area contributed by atoms with E-state index < -0.39 is 0 Å². The van der Waals surface area contributed by atoms with Crippen LogP contribution in [-0.4, -0.2) is 5.54 Å². The van der Waals surface area contributed by atoms with Gasteiger partial charge in [-0.3, -0.25) is 0 Å². The van der Waals surface area contributed by atoms with Crippen LogP contribution in [0, 0.1) is 0 Å². The monoisotopic (exact) mass is 189 g/mol. The van der Waals surface area contributed by atoms with Crippen molar-refractivity contribution in [3.05, 3.63) is 35.9 Å². The van der Waals surface area contributed by atoms with Crippen LogP contribution in [0.5, 0.6) is 0 Å². The number of benzene rings is 1. The Morgan fingerprint density at radius 3 is 2.57 bits per heavy atom. The van der Waals surface area contributed by atoms with Crippen molar-refractivity contribution in [1.29, 1.82) is 0 Å². The summed E-state index contributed by atoms with van der Waals surface area (Å²) in [7, 11) is 0. The molecule has 0 aromatic heterocycles. The lowest BCUT2D eigenvalue weighted by Gasteiger charge is -2.37. The largest absolute Gasteiger partial charge is 0.305 e. The molecule has 0 radical (unpaired) electrons. The first-order chi connectivity index (χ1) is 6.67. The maximum Gasteiger partial charge on any atom is 0.0324 e. The van der Waals surface area contributed by atoms with Crippen LogP contribution in [0.15, 0.2) is 30.3 Å². The van der Waals surface area contributed by atoms with Gasteiger partial charge < -0.3 is 5.32 Å². The third-order valence-electron chi connectivity index (χ3n) is 3.06. The first-order valence-electron chi connectivity index (χ1n) is 5.50. The Morgan fingerprint density at radius 2 is 1.93 bits per heavy atom. The van der Waals surface area contributed by atoms with Crippen LogP contribution in [0.3, 0.4) is 0 Å². The molecule has 1 fully saturated rings. The van der Waals surface area contributed by atoms with Crippen LogP contribution in [0.2, 0.25) is 0 Å². The Kier molecular flexibility index (Phi) is 2.60. The highest BCUT2D eigenvalue weighted by atomic mass is 15.0. The fraction of sp³-hybridized carbons (Fsp3) is 0.538. The normalized spacial score (nSPS) is 26.0. The summed E-state index contributed by atoms with van der Waals surface area (Å²) >= 11 is 0. The summed E-state index contributed by atoms with van der Waals surface area (Å²) in [5.41, 5.74) is 1.74. The third kappa shape index (κ3) is 2.16. The van der Waals surface area contributed by atoms with Gasteiger partial charge in [-0.05, 0) is 38.7 Å². The van der Waals surface area contributed by atoms with Crippen LogP contribution < -0.4 is 5.32 Å². The van der Waals surface area contributed by atoms with E-state index in [-0.39, 0.29) is 0 Å². The molecule has 1 atom stereocenters. The molecule has 1 nitrogen and oxygen atoms in total. The Balaban J connectivity index is 2.12. The highest BCUT2D eigenvalue weighted by Crippen LogP contribution is 2.30. The number of hydrogen-bond acceptors (Lipinski definition) is 1. The van der Waals surface area contributed by atoms with Gasteiger partial charge in [0.25, 0.3) is 0 Å². The summed E-state index contributed by atoms with van der Waals surface area (Å²) in [6, 6.07) is 11.3. The van der Waals surface area contributed by atoms with E-state index in [4.69, 9.17) is 0 Å². The van der Waals surface area contributed by atoms with Crippen molar-refractivity contribution in [2.75, 3.05) is 0 Å². The maximum absolute atomic E-state index is 3.71. The molecule has 1 aromatic rings. The molecule has 0 bridgehead atoms. The maximum atomic E-state index is 3.71. The fourth-order valence-electron chi connectivity index (χ4n) is 2.30. The third-order valence-corrected chi connectivity index (χ3v) is 3.06. The Labute approximate surface area is 86.5 Å². The summed E-state index contributed by atoms with van der Waals surface area (Å²) in [4.78, 5) is 0. The fourth-order valence-corrected chi connectivity index (χ4v) is 2.30. The summed E-state index contributed by atoms with van der Waals surface area (Å²) in [6.07, 6.45) is 3.89. The van der Waals surface area contributed by atoms with Gasteiger partial charge >= 0.3 is 0 Å². The highest BCUT2D eigenvalue weighted by Gasteiger charge is 2.27. The molecule has 1 heterocycles. The van der Waals surface area contributed by atoms with Gasteiger partial charge in [0.15, 0.2) is 0 Å². The molecule has 76 valence electrons. The molecule has 1 aliphatic rings. The van der Waals surface area contributed by atoms with E-state index in [0.29, 0.717) is 11.6 Å². The minimum absolute atomic E-state index is 0.304. The number of rotatable bonds is 1. The molecular formula is C13H19N. The SMILES string of the molecule is CC1(C)CCCC(c2ccccc2)N1. The number of hydrogen-bond donors (Lipinski definition) is 1. The minimum atomic E-state index is 0.304. The average Bonchev–Trinajstić information content (AvgIpc) is 2.18. The quantitative estimate of drug-likeness (QED) is 0.715. The number of nitrogens with one attached hydrogen (secondary N) is 1. The van der Waals surface area contributed by atoms with E-state index in [1.54, 1.807) is 0 Å². The summed E-state index contributed by atoms with van der Waals surface area (Å²) < 4.78 is 0. The standard InChI is InChI=1S/C13H19N/c1-13(2)10-6-9-12(14-13)11-7-4-3-5-8-11/h3-5,7-8,12,14H,6,9-10H2,1-2H3. The Hall–Kier alpha value is -0.820. The summed E-state index contributed by atoms with van der Waals surface area (Å²) in [5.74, 6) is 0. The van der Waals surface area contributed by atoms with Crippen molar-refractivity contribution in [3.8, 4) is 0 Å². The van der Waals surface area contributed by atoms with E-state index in [1.807, 2.05) is 0 Å². The second-order valence-electron chi connectivity index (χ2n) is 4.88. The molecular weight excluding hydrogens is 170 g/mol. The first kappa shape index (κ1) is 9.72. The van der Waals surface area contributed by atoms with Gasteiger partial charge in [-0.2, -0.15) is 0 Å². The zero-order valence-electron chi connectivity index (χ0n) is 9.09. The summed E-state index contributed by atoms with van der Waals surface area (Å²) in [6.45, 7) is 4.59. The van der Waals surface area contributed by atoms with Crippen LogP contribution >= 0.6 is 0 Å². The molecule has 14 heavy (non-hydrogen) atoms. The molecule has 0 amide bonds. The van der Waals surface area contributed by atoms with Crippen LogP contribution in [0.4, 0.5) is 0 Å². The molecule has 1 heteroatoms. The van der Waals surface area contributed by atoms with Gasteiger partial charge in [0, 0.05) is 11.6 Å². The van der Waals surface area contributed by atoms with Crippen molar-refractivity contribution < 1.29 is 0 Å². The molecule has 1 aromatic carbocycles. The average molecular weight is 189 g/mol. The van der Waals surface area contributed by atoms with Crippen LogP contribution in [0.25, 0.3) is 0 Å². The molecule has 0 aliphatic carbocycles. The highest BCUT2D eigenvalue weighted by molar-refractivity contribution is 5.20. The van der Waals surface area contributed by atoms with E-state index in [2.05, 4.69) is 49.5 Å². The molecule has 1 saturated heterocycles. The van der Waals surface area contributed by atoms with Gasteiger partial charge in [0.1, 0.15) is 0 Å². The zero-order valence-corrected chi connectivity index (χ0v) is 9.09. The molecule has 0 saturated carbocycles. The number of piperidine rings is 1.